The zero-order valence-electron chi connectivity index (χ0n) is 19.2. The van der Waals surface area contributed by atoms with E-state index in [1.807, 2.05) is 12.1 Å². The molecule has 5 rings (SSSR count). The van der Waals surface area contributed by atoms with Crippen molar-refractivity contribution in [3.05, 3.63) is 47.0 Å². The summed E-state index contributed by atoms with van der Waals surface area (Å²) in [5.41, 5.74) is 2.45. The smallest absolute Gasteiger partial charge is 0.435 e. The number of amides is 1. The number of carbonyl (C=O) groups excluding carboxylic acids is 2. The number of ether oxygens (including phenoxy) is 1. The summed E-state index contributed by atoms with van der Waals surface area (Å²) in [6, 6.07) is 12.6. The van der Waals surface area contributed by atoms with Crippen molar-refractivity contribution in [2.75, 3.05) is 18.4 Å². The summed E-state index contributed by atoms with van der Waals surface area (Å²) >= 11 is 6.43. The molecule has 180 valence electrons. The molecular formula is C26H26ClN5O3. The highest BCUT2D eigenvalue weighted by atomic mass is 35.5. The van der Waals surface area contributed by atoms with Gasteiger partial charge in [0.2, 0.25) is 5.91 Å². The van der Waals surface area contributed by atoms with Crippen molar-refractivity contribution in [3.63, 3.8) is 0 Å². The lowest BCUT2D eigenvalue weighted by molar-refractivity contribution is -0.120. The van der Waals surface area contributed by atoms with Crippen molar-refractivity contribution in [1.29, 1.82) is 5.26 Å². The maximum atomic E-state index is 13.0. The number of aromatic nitrogens is 2. The maximum absolute atomic E-state index is 13.0. The van der Waals surface area contributed by atoms with Crippen molar-refractivity contribution >= 4 is 40.3 Å². The van der Waals surface area contributed by atoms with Crippen LogP contribution in [0.2, 0.25) is 5.02 Å². The summed E-state index contributed by atoms with van der Waals surface area (Å²) in [7, 11) is 0. The second-order valence-electron chi connectivity index (χ2n) is 9.12. The molecule has 2 N–H and O–H groups in total. The number of nitrogens with zero attached hydrogens (tertiary/aromatic N) is 3. The third-order valence-corrected chi connectivity index (χ3v) is 7.07. The minimum Gasteiger partial charge on any atom is -0.445 e. The lowest BCUT2D eigenvalue weighted by Gasteiger charge is -2.21. The first-order chi connectivity index (χ1) is 17.0. The molecule has 2 fully saturated rings. The number of fused-ring (bicyclic) bond motifs is 1. The van der Waals surface area contributed by atoms with Gasteiger partial charge in [-0.1, -0.05) is 17.7 Å². The lowest BCUT2D eigenvalue weighted by Crippen LogP contribution is -2.37. The Morgan fingerprint density at radius 1 is 1.14 bits per heavy atom. The average molecular weight is 492 g/mol. The van der Waals surface area contributed by atoms with Gasteiger partial charge in [-0.25, -0.2) is 4.79 Å². The van der Waals surface area contributed by atoms with Gasteiger partial charge in [0.1, 0.15) is 6.10 Å². The third-order valence-electron chi connectivity index (χ3n) is 6.74. The number of nitriles is 1. The molecule has 35 heavy (non-hydrogen) atoms. The van der Waals surface area contributed by atoms with Crippen molar-refractivity contribution in [1.82, 2.24) is 15.1 Å². The second kappa shape index (κ2) is 10.1. The average Bonchev–Trinajstić information content (AvgIpc) is 3.52. The zero-order valence-corrected chi connectivity index (χ0v) is 20.0. The van der Waals surface area contributed by atoms with E-state index >= 15 is 0 Å². The molecule has 3 aromatic rings. The van der Waals surface area contributed by atoms with Gasteiger partial charge in [-0.3, -0.25) is 4.79 Å². The fourth-order valence-corrected chi connectivity index (χ4v) is 5.05. The molecule has 1 saturated carbocycles. The predicted molar refractivity (Wildman–Crippen MR) is 133 cm³/mol. The lowest BCUT2D eigenvalue weighted by atomic mass is 9.98. The van der Waals surface area contributed by atoms with Crippen LogP contribution in [0.5, 0.6) is 0 Å². The number of halogens is 1. The van der Waals surface area contributed by atoms with Crippen LogP contribution in [0.15, 0.2) is 36.4 Å². The van der Waals surface area contributed by atoms with E-state index in [0.29, 0.717) is 39.4 Å². The predicted octanol–water partition coefficient (Wildman–Crippen LogP) is 5.09. The van der Waals surface area contributed by atoms with Gasteiger partial charge in [-0.2, -0.15) is 9.94 Å². The van der Waals surface area contributed by atoms with Crippen LogP contribution in [0, 0.1) is 17.2 Å². The molecule has 1 amide bonds. The number of piperidine rings is 1. The first-order valence-corrected chi connectivity index (χ1v) is 12.4. The van der Waals surface area contributed by atoms with Gasteiger partial charge in [0.15, 0.2) is 5.82 Å². The Kier molecular flexibility index (Phi) is 6.71. The highest BCUT2D eigenvalue weighted by molar-refractivity contribution is 6.33. The van der Waals surface area contributed by atoms with E-state index in [2.05, 4.69) is 21.8 Å². The molecule has 9 heteroatoms. The molecule has 2 aliphatic rings. The topological polar surface area (TPSA) is 109 Å². The molecule has 0 bridgehead atoms. The Morgan fingerprint density at radius 3 is 2.71 bits per heavy atom. The minimum absolute atomic E-state index is 0.111. The van der Waals surface area contributed by atoms with E-state index in [9.17, 15) is 14.9 Å². The van der Waals surface area contributed by atoms with E-state index in [0.717, 1.165) is 50.6 Å². The molecule has 1 saturated heterocycles. The molecule has 1 atom stereocenters. The molecular weight excluding hydrogens is 466 g/mol. The molecule has 0 unspecified atom stereocenters. The van der Waals surface area contributed by atoms with Gasteiger partial charge in [0.05, 0.1) is 23.1 Å². The molecule has 2 heterocycles. The van der Waals surface area contributed by atoms with Gasteiger partial charge in [0, 0.05) is 22.5 Å². The molecule has 1 aromatic heterocycles. The Hall–Kier alpha value is -3.41. The van der Waals surface area contributed by atoms with Crippen LogP contribution in [-0.2, 0) is 9.53 Å². The van der Waals surface area contributed by atoms with E-state index in [1.54, 1.807) is 24.3 Å². The fraction of sp³-hybridized carbons (Fsp3) is 0.385. The van der Waals surface area contributed by atoms with Crippen molar-refractivity contribution < 1.29 is 14.3 Å². The van der Waals surface area contributed by atoms with Crippen LogP contribution in [-0.4, -0.2) is 41.0 Å². The molecule has 0 spiro atoms. The van der Waals surface area contributed by atoms with Crippen LogP contribution in [0.4, 0.5) is 10.6 Å². The summed E-state index contributed by atoms with van der Waals surface area (Å²) in [5, 5.41) is 21.0. The third kappa shape index (κ3) is 4.88. The van der Waals surface area contributed by atoms with Crippen LogP contribution >= 0.6 is 11.6 Å². The van der Waals surface area contributed by atoms with E-state index < -0.39 is 6.09 Å². The Morgan fingerprint density at radius 2 is 1.97 bits per heavy atom. The van der Waals surface area contributed by atoms with Crippen LogP contribution < -0.4 is 10.6 Å². The molecule has 1 aliphatic carbocycles. The zero-order chi connectivity index (χ0) is 24.4. The van der Waals surface area contributed by atoms with E-state index in [-0.39, 0.29) is 17.9 Å². The summed E-state index contributed by atoms with van der Waals surface area (Å²) in [5.74, 6) is -0.00416. The number of anilines is 1. The van der Waals surface area contributed by atoms with Crippen molar-refractivity contribution in [2.45, 2.75) is 44.6 Å². The Labute approximate surface area is 208 Å². The summed E-state index contributed by atoms with van der Waals surface area (Å²) in [6.07, 6.45) is 4.84. The number of nitrogens with one attached hydrogen (secondary N) is 2. The number of carbonyl (C=O) groups is 2. The fourth-order valence-electron chi connectivity index (χ4n) is 4.83. The van der Waals surface area contributed by atoms with Crippen LogP contribution in [0.3, 0.4) is 0 Å². The summed E-state index contributed by atoms with van der Waals surface area (Å²) < 4.78 is 6.91. The van der Waals surface area contributed by atoms with Gasteiger partial charge in [-0.15, -0.1) is 5.10 Å². The molecule has 2 aromatic carbocycles. The van der Waals surface area contributed by atoms with Gasteiger partial charge in [0.25, 0.3) is 0 Å². The second-order valence-corrected chi connectivity index (χ2v) is 9.53. The SMILES string of the molecule is N#Cc1ccc(Cl)c(-c2ccc3c(c2)c(NC(=O)[C@@H]2CCCNC2)nn3C(=O)OC2CCCC2)c1. The van der Waals surface area contributed by atoms with Gasteiger partial charge < -0.3 is 15.4 Å². The summed E-state index contributed by atoms with van der Waals surface area (Å²) in [4.78, 5) is 26.0. The number of hydrogen-bond donors (Lipinski definition) is 2. The van der Waals surface area contributed by atoms with Crippen molar-refractivity contribution in [3.8, 4) is 17.2 Å². The standard InChI is InChI=1S/C26H26ClN5O3/c27-22-9-7-16(14-28)12-20(22)17-8-10-23-21(13-17)24(30-25(33)18-4-3-11-29-15-18)31-32(23)26(34)35-19-5-1-2-6-19/h7-10,12-13,18-19,29H,1-6,11,15H2,(H,30,31,33)/t18-/m1/s1. The quantitative estimate of drug-likeness (QED) is 0.526. The van der Waals surface area contributed by atoms with Gasteiger partial charge >= 0.3 is 6.09 Å². The number of hydrogen-bond acceptors (Lipinski definition) is 6. The van der Waals surface area contributed by atoms with Crippen LogP contribution in [0.25, 0.3) is 22.0 Å². The van der Waals surface area contributed by atoms with Crippen LogP contribution in [0.1, 0.15) is 44.1 Å². The Balaban J connectivity index is 1.54. The monoisotopic (exact) mass is 491 g/mol. The minimum atomic E-state index is -0.556. The largest absolute Gasteiger partial charge is 0.445 e. The summed E-state index contributed by atoms with van der Waals surface area (Å²) in [6.45, 7) is 1.51. The van der Waals surface area contributed by atoms with Gasteiger partial charge in [-0.05, 0) is 81.0 Å². The number of benzene rings is 2. The first-order valence-electron chi connectivity index (χ1n) is 12.0. The Bertz CT molecular complexity index is 1320. The maximum Gasteiger partial charge on any atom is 0.435 e. The van der Waals surface area contributed by atoms with E-state index in [1.165, 1.54) is 4.68 Å². The molecule has 1 aliphatic heterocycles. The van der Waals surface area contributed by atoms with Crippen molar-refractivity contribution in [2.24, 2.45) is 5.92 Å². The number of rotatable bonds is 4. The highest BCUT2D eigenvalue weighted by Crippen LogP contribution is 2.34. The van der Waals surface area contributed by atoms with E-state index in [4.69, 9.17) is 16.3 Å². The molecule has 8 nitrogen and oxygen atoms in total. The first kappa shape index (κ1) is 23.3. The molecule has 0 radical (unpaired) electrons. The normalized spacial score (nSPS) is 18.3. The highest BCUT2D eigenvalue weighted by Gasteiger charge is 2.26.